The van der Waals surface area contributed by atoms with Gasteiger partial charge in [0.25, 0.3) is 0 Å². The Hall–Kier alpha value is -0.820. The molecule has 13 heavy (non-hydrogen) atoms. The first kappa shape index (κ1) is 14.7. The summed E-state index contributed by atoms with van der Waals surface area (Å²) in [4.78, 5) is 8.90. The van der Waals surface area contributed by atoms with Crippen LogP contribution in [0.5, 0.6) is 0 Å². The lowest BCUT2D eigenvalue weighted by Crippen LogP contribution is -2.29. The van der Waals surface area contributed by atoms with E-state index in [1.165, 1.54) is 0 Å². The number of halogens is 3. The van der Waals surface area contributed by atoms with Gasteiger partial charge in [-0.25, -0.2) is 4.79 Å². The molecule has 4 N–H and O–H groups in total. The maximum Gasteiger partial charge on any atom is 0.490 e. The Labute approximate surface area is 73.2 Å². The van der Waals surface area contributed by atoms with E-state index >= 15 is 0 Å². The summed E-state index contributed by atoms with van der Waals surface area (Å²) >= 11 is 0. The number of alkyl halides is 3. The van der Waals surface area contributed by atoms with Crippen LogP contribution in [0.15, 0.2) is 0 Å². The summed E-state index contributed by atoms with van der Waals surface area (Å²) in [5.41, 5.74) is 4.38. The van der Waals surface area contributed by atoms with Gasteiger partial charge in [-0.05, 0) is 13.8 Å². The van der Waals surface area contributed by atoms with E-state index in [1.807, 2.05) is 0 Å². The van der Waals surface area contributed by atoms with Crippen LogP contribution in [0.3, 0.4) is 0 Å². The minimum absolute atomic E-state index is 0.326. The van der Waals surface area contributed by atoms with E-state index in [1.54, 1.807) is 13.8 Å². The minimum atomic E-state index is -5.08. The molecule has 0 saturated heterocycles. The van der Waals surface area contributed by atoms with E-state index in [0.29, 0.717) is 6.54 Å². The summed E-state index contributed by atoms with van der Waals surface area (Å²) in [6, 6.07) is 0. The number of carboxylic acids is 1. The first-order valence-corrected chi connectivity index (χ1v) is 3.23. The third-order valence-corrected chi connectivity index (χ3v) is 0.742. The van der Waals surface area contributed by atoms with Crippen molar-refractivity contribution in [2.24, 2.45) is 5.73 Å². The summed E-state index contributed by atoms with van der Waals surface area (Å²) in [7, 11) is 0. The molecule has 0 aliphatic rings. The van der Waals surface area contributed by atoms with Gasteiger partial charge in [-0.1, -0.05) is 0 Å². The second kappa shape index (κ2) is 5.03. The van der Waals surface area contributed by atoms with Gasteiger partial charge in [0.2, 0.25) is 0 Å². The number of carbonyl (C=O) groups is 1. The first-order chi connectivity index (χ1) is 5.50. The number of aliphatic hydroxyl groups is 1. The topological polar surface area (TPSA) is 83.5 Å². The maximum atomic E-state index is 10.6. The second-order valence-electron chi connectivity index (χ2n) is 2.82. The molecule has 0 aliphatic carbocycles. The highest BCUT2D eigenvalue weighted by Crippen LogP contribution is 2.13. The lowest BCUT2D eigenvalue weighted by Gasteiger charge is -2.11. The number of nitrogens with two attached hydrogens (primary N) is 1. The van der Waals surface area contributed by atoms with Crippen molar-refractivity contribution in [3.63, 3.8) is 0 Å². The third kappa shape index (κ3) is 14.1. The molecule has 0 fully saturated rings. The Kier molecular flexibility index (Phi) is 5.68. The number of rotatable bonds is 1. The molecule has 0 radical (unpaired) electrons. The Morgan fingerprint density at radius 1 is 1.38 bits per heavy atom. The predicted molar refractivity (Wildman–Crippen MR) is 39.0 cm³/mol. The third-order valence-electron chi connectivity index (χ3n) is 0.742. The normalized spacial score (nSPS) is 11.6. The molecular weight excluding hydrogens is 191 g/mol. The van der Waals surface area contributed by atoms with E-state index in [2.05, 4.69) is 0 Å². The van der Waals surface area contributed by atoms with Crippen LogP contribution in [0.25, 0.3) is 0 Å². The van der Waals surface area contributed by atoms with Crippen LogP contribution in [-0.2, 0) is 4.79 Å². The minimum Gasteiger partial charge on any atom is -0.475 e. The molecule has 0 spiro atoms. The van der Waals surface area contributed by atoms with Gasteiger partial charge in [0.05, 0.1) is 5.60 Å². The smallest absolute Gasteiger partial charge is 0.475 e. The zero-order valence-electron chi connectivity index (χ0n) is 7.22. The molecule has 0 aromatic rings. The van der Waals surface area contributed by atoms with Gasteiger partial charge < -0.3 is 15.9 Å². The Balaban J connectivity index is 0. The van der Waals surface area contributed by atoms with Crippen molar-refractivity contribution in [2.45, 2.75) is 25.6 Å². The van der Waals surface area contributed by atoms with E-state index in [-0.39, 0.29) is 0 Å². The molecule has 7 heteroatoms. The molecule has 0 bridgehead atoms. The van der Waals surface area contributed by atoms with Gasteiger partial charge in [0, 0.05) is 6.54 Å². The molecule has 0 saturated carbocycles. The van der Waals surface area contributed by atoms with Crippen molar-refractivity contribution in [1.82, 2.24) is 0 Å². The molecule has 0 amide bonds. The number of aliphatic carboxylic acids is 1. The fourth-order valence-corrected chi connectivity index (χ4v) is 0. The lowest BCUT2D eigenvalue weighted by molar-refractivity contribution is -0.192. The van der Waals surface area contributed by atoms with Gasteiger partial charge >= 0.3 is 12.1 Å². The summed E-state index contributed by atoms with van der Waals surface area (Å²) in [5, 5.41) is 15.8. The SMILES string of the molecule is CC(C)(O)CN.O=C(O)C(F)(F)F. The Morgan fingerprint density at radius 2 is 1.54 bits per heavy atom. The number of hydrogen-bond acceptors (Lipinski definition) is 3. The van der Waals surface area contributed by atoms with Crippen LogP contribution in [0, 0.1) is 0 Å². The predicted octanol–water partition coefficient (Wildman–Crippen LogP) is 0.349. The van der Waals surface area contributed by atoms with Crippen molar-refractivity contribution in [3.05, 3.63) is 0 Å². The van der Waals surface area contributed by atoms with E-state index in [0.717, 1.165) is 0 Å². The van der Waals surface area contributed by atoms with Crippen molar-refractivity contribution in [1.29, 1.82) is 0 Å². The van der Waals surface area contributed by atoms with Crippen molar-refractivity contribution >= 4 is 5.97 Å². The molecule has 80 valence electrons. The van der Waals surface area contributed by atoms with Gasteiger partial charge in [0.15, 0.2) is 0 Å². The summed E-state index contributed by atoms with van der Waals surface area (Å²) in [6.07, 6.45) is -5.08. The molecule has 0 rings (SSSR count). The monoisotopic (exact) mass is 203 g/mol. The fourth-order valence-electron chi connectivity index (χ4n) is 0. The van der Waals surface area contributed by atoms with Crippen LogP contribution < -0.4 is 5.73 Å². The standard InChI is InChI=1S/C4H11NO.C2HF3O2/c1-4(2,6)3-5;3-2(4,5)1(6)7/h6H,3,5H2,1-2H3;(H,6,7). The fraction of sp³-hybridized carbons (Fsp3) is 0.833. The highest BCUT2D eigenvalue weighted by Gasteiger charge is 2.38. The largest absolute Gasteiger partial charge is 0.490 e. The van der Waals surface area contributed by atoms with Crippen molar-refractivity contribution in [2.75, 3.05) is 6.54 Å². The van der Waals surface area contributed by atoms with Crippen molar-refractivity contribution in [3.8, 4) is 0 Å². The molecule has 0 aromatic carbocycles. The highest BCUT2D eigenvalue weighted by atomic mass is 19.4. The molecule has 0 heterocycles. The van der Waals surface area contributed by atoms with Gasteiger partial charge in [0.1, 0.15) is 0 Å². The van der Waals surface area contributed by atoms with E-state index < -0.39 is 17.7 Å². The van der Waals surface area contributed by atoms with Crippen LogP contribution >= 0.6 is 0 Å². The summed E-state index contributed by atoms with van der Waals surface area (Å²) < 4.78 is 31.7. The van der Waals surface area contributed by atoms with E-state index in [9.17, 15) is 13.2 Å². The molecule has 4 nitrogen and oxygen atoms in total. The average Bonchev–Trinajstić information content (AvgIpc) is 1.85. The maximum absolute atomic E-state index is 10.6. The van der Waals surface area contributed by atoms with Crippen LogP contribution in [0.2, 0.25) is 0 Å². The molecule has 0 aromatic heterocycles. The second-order valence-corrected chi connectivity index (χ2v) is 2.82. The Morgan fingerprint density at radius 3 is 1.54 bits per heavy atom. The molecular formula is C6H12F3NO3. The summed E-state index contributed by atoms with van der Waals surface area (Å²) in [6.45, 7) is 3.67. The van der Waals surface area contributed by atoms with Crippen LogP contribution in [0.1, 0.15) is 13.8 Å². The first-order valence-electron chi connectivity index (χ1n) is 3.23. The number of carboxylic acid groups (broad SMARTS) is 1. The van der Waals surface area contributed by atoms with Gasteiger partial charge in [-0.3, -0.25) is 0 Å². The molecule has 0 unspecified atom stereocenters. The molecule has 0 atom stereocenters. The lowest BCUT2D eigenvalue weighted by atomic mass is 10.1. The zero-order valence-corrected chi connectivity index (χ0v) is 7.22. The average molecular weight is 203 g/mol. The van der Waals surface area contributed by atoms with Crippen molar-refractivity contribution < 1.29 is 28.2 Å². The van der Waals surface area contributed by atoms with Crippen LogP contribution in [-0.4, -0.2) is 34.5 Å². The number of hydrogen-bond donors (Lipinski definition) is 3. The van der Waals surface area contributed by atoms with Crippen LogP contribution in [0.4, 0.5) is 13.2 Å². The van der Waals surface area contributed by atoms with Gasteiger partial charge in [-0.15, -0.1) is 0 Å². The van der Waals surface area contributed by atoms with Gasteiger partial charge in [-0.2, -0.15) is 13.2 Å². The quantitative estimate of drug-likeness (QED) is 0.574. The zero-order chi connectivity index (χ0) is 11.3. The van der Waals surface area contributed by atoms with E-state index in [4.69, 9.17) is 20.7 Å². The highest BCUT2D eigenvalue weighted by molar-refractivity contribution is 5.73. The summed E-state index contributed by atoms with van der Waals surface area (Å²) in [5.74, 6) is -2.76. The Bertz CT molecular complexity index is 161. The molecule has 0 aliphatic heterocycles.